The topological polar surface area (TPSA) is 17.1 Å². The van der Waals surface area contributed by atoms with E-state index in [2.05, 4.69) is 0 Å². The monoisotopic (exact) mass is 330 g/mol. The first kappa shape index (κ1) is 12.3. The molecule has 0 saturated carbocycles. The van der Waals surface area contributed by atoms with Crippen molar-refractivity contribution in [3.8, 4) is 0 Å². The minimum atomic E-state index is -4.75. The Morgan fingerprint density at radius 2 is 1.80 bits per heavy atom. The van der Waals surface area contributed by atoms with Crippen LogP contribution < -0.4 is 3.61 Å². The molecular weight excluding hydrogens is 321 g/mol. The third-order valence-corrected chi connectivity index (χ3v) is 3.78. The summed E-state index contributed by atoms with van der Waals surface area (Å²) in [5.74, 6) is -1.79. The number of halogens is 3. The summed E-state index contributed by atoms with van der Waals surface area (Å²) in [5, 5.41) is 0. The Labute approximate surface area is 95.1 Å². The zero-order valence-corrected chi connectivity index (χ0v) is 9.82. The predicted molar refractivity (Wildman–Crippen MR) is 52.0 cm³/mol. The molecule has 15 heavy (non-hydrogen) atoms. The summed E-state index contributed by atoms with van der Waals surface area (Å²) in [5.41, 5.74) is 0. The van der Waals surface area contributed by atoms with E-state index in [4.69, 9.17) is 0 Å². The van der Waals surface area contributed by atoms with Gasteiger partial charge >= 0.3 is 95.0 Å². The van der Waals surface area contributed by atoms with Gasteiger partial charge in [0.1, 0.15) is 0 Å². The molecule has 0 saturated heterocycles. The van der Waals surface area contributed by atoms with E-state index in [1.807, 2.05) is 30.3 Å². The van der Waals surface area contributed by atoms with Crippen molar-refractivity contribution in [1.29, 1.82) is 0 Å². The van der Waals surface area contributed by atoms with E-state index in [1.165, 1.54) is 4.12 Å². The van der Waals surface area contributed by atoms with Crippen molar-refractivity contribution in [3.63, 3.8) is 0 Å². The van der Waals surface area contributed by atoms with Crippen LogP contribution in [-0.2, 0) is 4.79 Å². The van der Waals surface area contributed by atoms with Crippen LogP contribution in [-0.4, -0.2) is 32.9 Å². The van der Waals surface area contributed by atoms with Gasteiger partial charge in [-0.05, 0) is 0 Å². The molecule has 0 N–H and O–H groups in total. The average molecular weight is 328 g/mol. The summed E-state index contributed by atoms with van der Waals surface area (Å²) in [7, 11) is 0. The number of ketones is 1. The molecule has 0 bridgehead atoms. The number of alkyl halides is 3. The molecule has 0 aliphatic heterocycles. The molecule has 0 unspecified atom stereocenters. The van der Waals surface area contributed by atoms with Crippen molar-refractivity contribution in [2.24, 2.45) is 0 Å². The molecule has 0 atom stereocenters. The summed E-state index contributed by atoms with van der Waals surface area (Å²) < 4.78 is 37.7. The third-order valence-electron chi connectivity index (χ3n) is 1.45. The van der Waals surface area contributed by atoms with Crippen LogP contribution in [0.3, 0.4) is 0 Å². The standard InChI is InChI=1S/C10H7F3OTe/c11-10(12,13)9(14)6-7-15-8-4-2-1-3-5-8/h1-7H/b7-6-. The van der Waals surface area contributed by atoms with E-state index >= 15 is 0 Å². The van der Waals surface area contributed by atoms with Gasteiger partial charge in [0.2, 0.25) is 0 Å². The fraction of sp³-hybridized carbons (Fsp3) is 0.100. The average Bonchev–Trinajstić information content (AvgIpc) is 2.18. The quantitative estimate of drug-likeness (QED) is 0.609. The van der Waals surface area contributed by atoms with E-state index in [1.54, 1.807) is 0 Å². The predicted octanol–water partition coefficient (Wildman–Crippen LogP) is 1.66. The summed E-state index contributed by atoms with van der Waals surface area (Å²) >= 11 is -0.834. The SMILES string of the molecule is O=C(/C=C\[Te]c1ccccc1)C(F)(F)F. The molecule has 1 nitrogen and oxygen atoms in total. The Balaban J connectivity index is 2.51. The van der Waals surface area contributed by atoms with Crippen LogP contribution >= 0.6 is 0 Å². The summed E-state index contributed by atoms with van der Waals surface area (Å²) in [4.78, 5) is 10.5. The fourth-order valence-corrected chi connectivity index (χ4v) is 2.66. The molecular formula is C10H7F3OTe. The molecule has 1 rings (SSSR count). The molecule has 0 fully saturated rings. The van der Waals surface area contributed by atoms with Crippen molar-refractivity contribution in [2.45, 2.75) is 6.18 Å². The maximum absolute atomic E-state index is 11.8. The Kier molecular flexibility index (Phi) is 4.37. The maximum atomic E-state index is 11.8. The van der Waals surface area contributed by atoms with Gasteiger partial charge in [0, 0.05) is 0 Å². The van der Waals surface area contributed by atoms with Gasteiger partial charge in [0.05, 0.1) is 0 Å². The van der Waals surface area contributed by atoms with Gasteiger partial charge < -0.3 is 0 Å². The Morgan fingerprint density at radius 1 is 1.20 bits per heavy atom. The molecule has 0 spiro atoms. The van der Waals surface area contributed by atoms with Gasteiger partial charge in [-0.15, -0.1) is 0 Å². The molecule has 0 amide bonds. The number of allylic oxidation sites excluding steroid dienone is 1. The normalized spacial score (nSPS) is 11.9. The molecule has 0 aliphatic rings. The van der Waals surface area contributed by atoms with Crippen molar-refractivity contribution in [2.75, 3.05) is 0 Å². The van der Waals surface area contributed by atoms with Crippen molar-refractivity contribution < 1.29 is 18.0 Å². The minimum absolute atomic E-state index is 0.620. The van der Waals surface area contributed by atoms with Crippen LogP contribution in [0, 0.1) is 0 Å². The summed E-state index contributed by atoms with van der Waals surface area (Å²) in [6.45, 7) is 0. The molecule has 80 valence electrons. The third kappa shape index (κ3) is 4.50. The van der Waals surface area contributed by atoms with E-state index < -0.39 is 32.9 Å². The van der Waals surface area contributed by atoms with Crippen LogP contribution in [0.4, 0.5) is 13.2 Å². The van der Waals surface area contributed by atoms with Crippen LogP contribution in [0.1, 0.15) is 0 Å². The number of rotatable bonds is 3. The second kappa shape index (κ2) is 5.34. The fourth-order valence-electron chi connectivity index (χ4n) is 0.768. The van der Waals surface area contributed by atoms with Crippen LogP contribution in [0.15, 0.2) is 40.5 Å². The second-order valence-corrected chi connectivity index (χ2v) is 5.39. The van der Waals surface area contributed by atoms with Crippen molar-refractivity contribution in [1.82, 2.24) is 0 Å². The molecule has 0 radical (unpaired) electrons. The Morgan fingerprint density at radius 3 is 2.33 bits per heavy atom. The zero-order chi connectivity index (χ0) is 11.3. The molecule has 5 heteroatoms. The molecule has 0 aromatic heterocycles. The first-order valence-corrected chi connectivity index (χ1v) is 6.50. The first-order chi connectivity index (χ1) is 7.00. The molecule has 0 aliphatic carbocycles. The van der Waals surface area contributed by atoms with Gasteiger partial charge in [-0.1, -0.05) is 0 Å². The van der Waals surface area contributed by atoms with Crippen molar-refractivity contribution in [3.05, 3.63) is 40.5 Å². The first-order valence-electron chi connectivity index (χ1n) is 3.99. The molecule has 1 aromatic carbocycles. The molecule has 1 aromatic rings. The van der Waals surface area contributed by atoms with E-state index in [0.717, 1.165) is 3.61 Å². The van der Waals surface area contributed by atoms with Crippen LogP contribution in [0.2, 0.25) is 0 Å². The van der Waals surface area contributed by atoms with Gasteiger partial charge in [0.25, 0.3) is 0 Å². The van der Waals surface area contributed by atoms with Gasteiger partial charge in [-0.2, -0.15) is 0 Å². The molecule has 0 heterocycles. The summed E-state index contributed by atoms with van der Waals surface area (Å²) in [6, 6.07) is 9.15. The number of carbonyl (C=O) groups excluding carboxylic acids is 1. The van der Waals surface area contributed by atoms with Crippen LogP contribution in [0.5, 0.6) is 0 Å². The number of benzene rings is 1. The van der Waals surface area contributed by atoms with Gasteiger partial charge in [0.15, 0.2) is 0 Å². The number of hydrogen-bond acceptors (Lipinski definition) is 1. The number of hydrogen-bond donors (Lipinski definition) is 0. The Hall–Kier alpha value is -0.790. The van der Waals surface area contributed by atoms with Crippen molar-refractivity contribution >= 4 is 30.3 Å². The zero-order valence-electron chi connectivity index (χ0n) is 7.49. The van der Waals surface area contributed by atoms with Gasteiger partial charge in [-0.25, -0.2) is 0 Å². The van der Waals surface area contributed by atoms with E-state index in [9.17, 15) is 18.0 Å². The summed E-state index contributed by atoms with van der Waals surface area (Å²) in [6.07, 6.45) is -4.13. The van der Waals surface area contributed by atoms with E-state index in [0.29, 0.717) is 6.08 Å². The number of carbonyl (C=O) groups is 1. The van der Waals surface area contributed by atoms with E-state index in [-0.39, 0.29) is 0 Å². The Bertz CT molecular complexity index is 357. The second-order valence-electron chi connectivity index (χ2n) is 2.60. The van der Waals surface area contributed by atoms with Gasteiger partial charge in [-0.3, -0.25) is 0 Å². The van der Waals surface area contributed by atoms with Crippen LogP contribution in [0.25, 0.3) is 0 Å².